The van der Waals surface area contributed by atoms with Gasteiger partial charge in [-0.05, 0) is 42.2 Å². The summed E-state index contributed by atoms with van der Waals surface area (Å²) in [7, 11) is 1.58. The summed E-state index contributed by atoms with van der Waals surface area (Å²) in [5, 5.41) is 42.1. The molecule has 3 heterocycles. The predicted octanol–water partition coefficient (Wildman–Crippen LogP) is 4.85. The number of amides is 2. The van der Waals surface area contributed by atoms with Gasteiger partial charge in [-0.2, -0.15) is 24.6 Å². The highest BCUT2D eigenvalue weighted by Gasteiger charge is 2.61. The minimum Gasteiger partial charge on any atom is -0.496 e. The molecule has 0 bridgehead atoms. The van der Waals surface area contributed by atoms with E-state index in [1.54, 1.807) is 13.3 Å². The second-order valence-electron chi connectivity index (χ2n) is 12.2. The first-order chi connectivity index (χ1) is 18.5. The van der Waals surface area contributed by atoms with Crippen molar-refractivity contribution in [2.75, 3.05) is 7.11 Å². The van der Waals surface area contributed by atoms with Crippen LogP contribution in [0.1, 0.15) is 64.8 Å². The molecule has 0 radical (unpaired) electrons. The van der Waals surface area contributed by atoms with Crippen molar-refractivity contribution >= 4 is 41.4 Å². The summed E-state index contributed by atoms with van der Waals surface area (Å²) < 4.78 is 9.24. The Morgan fingerprint density at radius 1 is 1.12 bits per heavy atom. The number of rotatable bonds is 3. The maximum absolute atomic E-state index is 12.2. The van der Waals surface area contributed by atoms with Gasteiger partial charge in [0.1, 0.15) is 18.0 Å². The van der Waals surface area contributed by atoms with Gasteiger partial charge in [0.2, 0.25) is 0 Å². The first-order valence-electron chi connectivity index (χ1n) is 12.8. The Labute approximate surface area is 237 Å². The van der Waals surface area contributed by atoms with E-state index < -0.39 is 33.9 Å². The number of aliphatic hydroxyl groups is 1. The maximum atomic E-state index is 12.2. The molecule has 0 aromatic carbocycles. The van der Waals surface area contributed by atoms with Gasteiger partial charge in [-0.3, -0.25) is 4.98 Å². The van der Waals surface area contributed by atoms with Crippen LogP contribution in [-0.2, 0) is 6.54 Å². The molecular formula is C27H36N6O6S. The fourth-order valence-electron chi connectivity index (χ4n) is 6.21. The number of ether oxygens (including phenoxy) is 1. The number of imide groups is 1. The van der Waals surface area contributed by atoms with Gasteiger partial charge < -0.3 is 20.1 Å². The number of aromatic nitrogens is 1. The summed E-state index contributed by atoms with van der Waals surface area (Å²) in [6.07, 6.45) is -2.55. The second kappa shape index (κ2) is 9.88. The lowest BCUT2D eigenvalue weighted by molar-refractivity contribution is 0.129. The van der Waals surface area contributed by atoms with Crippen LogP contribution in [0.5, 0.6) is 5.75 Å². The van der Waals surface area contributed by atoms with Crippen LogP contribution in [0.2, 0.25) is 0 Å². The summed E-state index contributed by atoms with van der Waals surface area (Å²) in [5.74, 6) is 0.322. The summed E-state index contributed by atoms with van der Waals surface area (Å²) in [4.78, 5) is 29.1. The zero-order valence-corrected chi connectivity index (χ0v) is 25.0. The van der Waals surface area contributed by atoms with Crippen molar-refractivity contribution in [1.29, 1.82) is 0 Å². The van der Waals surface area contributed by atoms with E-state index in [0.29, 0.717) is 28.3 Å². The lowest BCUT2D eigenvalue weighted by Crippen LogP contribution is -2.53. The van der Waals surface area contributed by atoms with E-state index in [2.05, 4.69) is 14.5 Å². The van der Waals surface area contributed by atoms with Crippen molar-refractivity contribution in [3.63, 3.8) is 0 Å². The number of carbonyl (C=O) groups is 2. The van der Waals surface area contributed by atoms with Crippen molar-refractivity contribution < 1.29 is 29.6 Å². The Morgan fingerprint density at radius 2 is 1.73 bits per heavy atom. The molecule has 1 aromatic rings. The van der Waals surface area contributed by atoms with Crippen molar-refractivity contribution in [3.8, 4) is 5.75 Å². The monoisotopic (exact) mass is 572 g/mol. The highest BCUT2D eigenvalue weighted by atomic mass is 32.2. The SMILES string of the molecule is COc1c(C)cnc(CN2N=C3CC(O)C4=C3C(=N2)C(N(C(=O)O)C(=O)O)=NSC4(C(C)(C)C)C(C)(C)C)c1C. The maximum Gasteiger partial charge on any atom is 0.422 e. The van der Waals surface area contributed by atoms with E-state index >= 15 is 0 Å². The molecule has 0 saturated heterocycles. The molecule has 1 aliphatic carbocycles. The standard InChI is InChI=1S/C27H36N6O6S/c1-13-11-28-16(14(2)21(13)39-9)12-32-29-15-10-17(34)19-18(15)20(30-32)22(33(23(35)36)24(37)38)31-40-27(19,25(3,4)5)26(6,7)8/h11,17,34H,10,12H2,1-9H3,(H,35,36)(H,37,38). The molecule has 0 spiro atoms. The summed E-state index contributed by atoms with van der Waals surface area (Å²) >= 11 is 1.08. The number of aryl methyl sites for hydroxylation is 1. The minimum absolute atomic E-state index is 0.0287. The number of pyridine rings is 1. The molecule has 0 saturated carbocycles. The molecular weight excluding hydrogens is 536 g/mol. The Hall–Kier alpha value is -3.45. The number of hydrazone groups is 2. The molecule has 13 heteroatoms. The van der Waals surface area contributed by atoms with Crippen LogP contribution in [-0.4, -0.2) is 77.7 Å². The van der Waals surface area contributed by atoms with Crippen LogP contribution < -0.4 is 4.74 Å². The smallest absolute Gasteiger partial charge is 0.422 e. The van der Waals surface area contributed by atoms with Crippen molar-refractivity contribution in [3.05, 3.63) is 34.2 Å². The van der Waals surface area contributed by atoms with Crippen LogP contribution in [0.4, 0.5) is 9.59 Å². The summed E-state index contributed by atoms with van der Waals surface area (Å²) in [5.41, 5.74) is 2.83. The van der Waals surface area contributed by atoms with Crippen LogP contribution >= 0.6 is 11.9 Å². The van der Waals surface area contributed by atoms with Gasteiger partial charge in [0.15, 0.2) is 5.84 Å². The van der Waals surface area contributed by atoms with E-state index in [1.807, 2.05) is 55.4 Å². The van der Waals surface area contributed by atoms with Gasteiger partial charge in [-0.25, -0.2) is 9.59 Å². The zero-order chi connectivity index (χ0) is 29.9. The molecule has 1 atom stereocenters. The van der Waals surface area contributed by atoms with Gasteiger partial charge in [-0.15, -0.1) is 0 Å². The molecule has 2 amide bonds. The first kappa shape index (κ1) is 29.5. The van der Waals surface area contributed by atoms with Crippen molar-refractivity contribution in [2.45, 2.75) is 79.2 Å². The average Bonchev–Trinajstić information content (AvgIpc) is 3.04. The lowest BCUT2D eigenvalue weighted by Gasteiger charge is -2.53. The topological polar surface area (TPSA) is 161 Å². The van der Waals surface area contributed by atoms with E-state index in [-0.39, 0.29) is 29.4 Å². The molecule has 3 N–H and O–H groups in total. The van der Waals surface area contributed by atoms with Crippen LogP contribution in [0, 0.1) is 24.7 Å². The number of carboxylic acid groups (broad SMARTS) is 2. The van der Waals surface area contributed by atoms with E-state index in [0.717, 1.165) is 23.1 Å². The van der Waals surface area contributed by atoms with E-state index in [1.165, 1.54) is 5.12 Å². The Morgan fingerprint density at radius 3 is 2.25 bits per heavy atom. The predicted molar refractivity (Wildman–Crippen MR) is 153 cm³/mol. The number of amidine groups is 1. The van der Waals surface area contributed by atoms with Crippen molar-refractivity contribution in [1.82, 2.24) is 15.0 Å². The second-order valence-corrected chi connectivity index (χ2v) is 13.1. The third-order valence-corrected chi connectivity index (χ3v) is 9.56. The van der Waals surface area contributed by atoms with Gasteiger partial charge in [0.25, 0.3) is 0 Å². The molecule has 3 aliphatic rings. The fourth-order valence-corrected chi connectivity index (χ4v) is 7.49. The van der Waals surface area contributed by atoms with Crippen LogP contribution in [0.25, 0.3) is 0 Å². The van der Waals surface area contributed by atoms with Gasteiger partial charge in [0, 0.05) is 29.3 Å². The molecule has 12 nitrogen and oxygen atoms in total. The van der Waals surface area contributed by atoms with E-state index in [9.17, 15) is 24.9 Å². The average molecular weight is 573 g/mol. The summed E-state index contributed by atoms with van der Waals surface area (Å²) in [6.45, 7) is 16.0. The minimum atomic E-state index is -1.72. The largest absolute Gasteiger partial charge is 0.496 e. The van der Waals surface area contributed by atoms with Gasteiger partial charge in [0.05, 0.1) is 29.4 Å². The van der Waals surface area contributed by atoms with Crippen LogP contribution in [0.15, 0.2) is 31.9 Å². The third kappa shape index (κ3) is 4.44. The Kier molecular flexibility index (Phi) is 7.29. The Bertz CT molecular complexity index is 1370. The first-order valence-corrected chi connectivity index (χ1v) is 13.6. The lowest BCUT2D eigenvalue weighted by atomic mass is 9.61. The number of nitrogens with zero attached hydrogens (tertiary/aromatic N) is 6. The number of hydrogen-bond donors (Lipinski definition) is 3. The molecule has 40 heavy (non-hydrogen) atoms. The van der Waals surface area contributed by atoms with Crippen LogP contribution in [0.3, 0.4) is 0 Å². The normalized spacial score (nSPS) is 20.3. The number of hydrogen-bond acceptors (Lipinski definition) is 10. The van der Waals surface area contributed by atoms with Gasteiger partial charge in [-0.1, -0.05) is 41.5 Å². The van der Waals surface area contributed by atoms with Gasteiger partial charge >= 0.3 is 12.2 Å². The van der Waals surface area contributed by atoms with E-state index in [4.69, 9.17) is 9.84 Å². The molecule has 4 rings (SSSR count). The molecule has 1 unspecified atom stereocenters. The highest BCUT2D eigenvalue weighted by molar-refractivity contribution is 8.00. The number of aliphatic hydroxyl groups excluding tert-OH is 1. The fraction of sp³-hybridized carbons (Fsp3) is 0.556. The summed E-state index contributed by atoms with van der Waals surface area (Å²) in [6, 6.07) is 0. The third-order valence-electron chi connectivity index (χ3n) is 7.57. The highest BCUT2D eigenvalue weighted by Crippen LogP contribution is 2.62. The zero-order valence-electron chi connectivity index (χ0n) is 24.2. The molecule has 1 aromatic heterocycles. The molecule has 2 aliphatic heterocycles. The number of methoxy groups -OCH3 is 1. The molecule has 216 valence electrons. The Balaban J connectivity index is 2.01. The van der Waals surface area contributed by atoms with Crippen molar-refractivity contribution in [2.24, 2.45) is 25.4 Å². The quantitative estimate of drug-likeness (QED) is 0.430. The molecule has 0 fully saturated rings.